The number of nitrogens with one attached hydrogen (secondary N) is 2. The maximum absolute atomic E-state index is 5.42. The monoisotopic (exact) mass is 263 g/mol. The normalized spacial score (nSPS) is 12.0. The quantitative estimate of drug-likeness (QED) is 0.348. The van der Waals surface area contributed by atoms with E-state index in [1.807, 2.05) is 0 Å². The molecule has 6 heteroatoms. The number of nitrogens with two attached hydrogens (primary N) is 1. The van der Waals surface area contributed by atoms with Crippen LogP contribution in [0.25, 0.3) is 0 Å². The molecule has 0 fully saturated rings. The number of hydrogen-bond donors (Lipinski definition) is 3. The summed E-state index contributed by atoms with van der Waals surface area (Å²) in [6.45, 7) is 6.90. The molecule has 0 atom stereocenters. The molecule has 0 bridgehead atoms. The number of rotatable bonds is 12. The molecule has 0 heterocycles. The van der Waals surface area contributed by atoms with Crippen molar-refractivity contribution in [1.82, 2.24) is 10.6 Å². The molecule has 0 aliphatic carbocycles. The van der Waals surface area contributed by atoms with Crippen LogP contribution in [0.2, 0.25) is 12.6 Å². The summed E-state index contributed by atoms with van der Waals surface area (Å²) in [5.74, 6) is 0. The standard InChI is InChI=1S/C11H29N3O2Si/c1-15-17(3,16-2)11-5-8-14-10-9-13-7-4-6-12/h13-14H,4-12H2,1-3H3. The largest absolute Gasteiger partial charge is 0.398 e. The van der Waals surface area contributed by atoms with Crippen LogP contribution in [0, 0.1) is 0 Å². The summed E-state index contributed by atoms with van der Waals surface area (Å²) in [7, 11) is 1.63. The molecule has 104 valence electrons. The third-order valence-corrected chi connectivity index (χ3v) is 5.87. The van der Waals surface area contributed by atoms with Gasteiger partial charge in [-0.05, 0) is 45.1 Å². The molecule has 4 N–H and O–H groups in total. The highest BCUT2D eigenvalue weighted by Gasteiger charge is 2.27. The van der Waals surface area contributed by atoms with Gasteiger partial charge in [-0.1, -0.05) is 0 Å². The summed E-state index contributed by atoms with van der Waals surface area (Å²) in [4.78, 5) is 0. The highest BCUT2D eigenvalue weighted by atomic mass is 28.4. The van der Waals surface area contributed by atoms with Crippen molar-refractivity contribution in [3.8, 4) is 0 Å². The van der Waals surface area contributed by atoms with Crippen LogP contribution >= 0.6 is 0 Å². The van der Waals surface area contributed by atoms with Crippen LogP contribution < -0.4 is 16.4 Å². The van der Waals surface area contributed by atoms with Crippen LogP contribution in [0.15, 0.2) is 0 Å². The Morgan fingerprint density at radius 1 is 0.941 bits per heavy atom. The molecular weight excluding hydrogens is 234 g/mol. The lowest BCUT2D eigenvalue weighted by Crippen LogP contribution is -2.37. The highest BCUT2D eigenvalue weighted by molar-refractivity contribution is 6.65. The topological polar surface area (TPSA) is 68.5 Å². The van der Waals surface area contributed by atoms with Crippen molar-refractivity contribution in [2.75, 3.05) is 46.9 Å². The average molecular weight is 263 g/mol. The van der Waals surface area contributed by atoms with Gasteiger partial charge >= 0.3 is 8.56 Å². The first-order valence-electron chi connectivity index (χ1n) is 6.40. The summed E-state index contributed by atoms with van der Waals surface area (Å²) in [5, 5.41) is 6.73. The van der Waals surface area contributed by atoms with Crippen molar-refractivity contribution in [1.29, 1.82) is 0 Å². The van der Waals surface area contributed by atoms with Crippen molar-refractivity contribution in [3.63, 3.8) is 0 Å². The van der Waals surface area contributed by atoms with Gasteiger partial charge < -0.3 is 25.2 Å². The predicted molar refractivity (Wildman–Crippen MR) is 74.5 cm³/mol. The fourth-order valence-electron chi connectivity index (χ4n) is 1.48. The zero-order valence-electron chi connectivity index (χ0n) is 11.6. The first-order valence-corrected chi connectivity index (χ1v) is 8.92. The molecule has 5 nitrogen and oxygen atoms in total. The van der Waals surface area contributed by atoms with Crippen LogP contribution in [0.4, 0.5) is 0 Å². The van der Waals surface area contributed by atoms with E-state index >= 15 is 0 Å². The van der Waals surface area contributed by atoms with Gasteiger partial charge in [0.05, 0.1) is 0 Å². The van der Waals surface area contributed by atoms with Crippen LogP contribution in [-0.2, 0) is 8.85 Å². The molecule has 0 spiro atoms. The Kier molecular flexibility index (Phi) is 11.1. The van der Waals surface area contributed by atoms with Gasteiger partial charge in [0.15, 0.2) is 0 Å². The van der Waals surface area contributed by atoms with Gasteiger partial charge in [-0.15, -0.1) is 0 Å². The van der Waals surface area contributed by atoms with E-state index in [4.69, 9.17) is 14.6 Å². The van der Waals surface area contributed by atoms with Crippen molar-refractivity contribution >= 4 is 8.56 Å². The van der Waals surface area contributed by atoms with E-state index in [0.29, 0.717) is 0 Å². The summed E-state index contributed by atoms with van der Waals surface area (Å²) in [6.07, 6.45) is 2.15. The lowest BCUT2D eigenvalue weighted by atomic mass is 10.4. The average Bonchev–Trinajstić information content (AvgIpc) is 2.36. The Morgan fingerprint density at radius 2 is 1.47 bits per heavy atom. The Labute approximate surface area is 107 Å². The van der Waals surface area contributed by atoms with E-state index < -0.39 is 8.56 Å². The van der Waals surface area contributed by atoms with Gasteiger partial charge in [0, 0.05) is 27.3 Å². The fourth-order valence-corrected chi connectivity index (χ4v) is 2.87. The molecule has 0 saturated heterocycles. The lowest BCUT2D eigenvalue weighted by molar-refractivity contribution is 0.248. The SMILES string of the molecule is CO[Si](C)(CCCNCCNCCCN)OC. The zero-order valence-corrected chi connectivity index (χ0v) is 12.6. The molecule has 0 aromatic heterocycles. The van der Waals surface area contributed by atoms with E-state index in [9.17, 15) is 0 Å². The summed E-state index contributed by atoms with van der Waals surface area (Å²) >= 11 is 0. The molecule has 0 aromatic rings. The molecule has 0 aliphatic rings. The van der Waals surface area contributed by atoms with E-state index in [1.54, 1.807) is 14.2 Å². The maximum atomic E-state index is 5.42. The van der Waals surface area contributed by atoms with Crippen molar-refractivity contribution in [2.45, 2.75) is 25.4 Å². The second-order valence-corrected chi connectivity index (χ2v) is 7.87. The second-order valence-electron chi connectivity index (χ2n) is 4.29. The summed E-state index contributed by atoms with van der Waals surface area (Å²) in [5.41, 5.74) is 5.40. The Hall–Kier alpha value is 0.0169. The lowest BCUT2D eigenvalue weighted by Gasteiger charge is -2.22. The van der Waals surface area contributed by atoms with Gasteiger partial charge in [0.25, 0.3) is 0 Å². The minimum Gasteiger partial charge on any atom is -0.398 e. The van der Waals surface area contributed by atoms with Gasteiger partial charge in [0.2, 0.25) is 0 Å². The summed E-state index contributed by atoms with van der Waals surface area (Å²) < 4.78 is 10.8. The van der Waals surface area contributed by atoms with Gasteiger partial charge in [-0.2, -0.15) is 0 Å². The predicted octanol–water partition coefficient (Wildman–Crippen LogP) is 0.269. The third-order valence-electron chi connectivity index (χ3n) is 2.88. The Morgan fingerprint density at radius 3 is 1.94 bits per heavy atom. The molecule has 17 heavy (non-hydrogen) atoms. The van der Waals surface area contributed by atoms with Gasteiger partial charge in [-0.25, -0.2) is 0 Å². The first-order chi connectivity index (χ1) is 8.18. The van der Waals surface area contributed by atoms with E-state index in [0.717, 1.165) is 51.6 Å². The van der Waals surface area contributed by atoms with E-state index in [1.165, 1.54) is 0 Å². The highest BCUT2D eigenvalue weighted by Crippen LogP contribution is 2.12. The third kappa shape index (κ3) is 9.69. The fraction of sp³-hybridized carbons (Fsp3) is 1.00. The number of hydrogen-bond acceptors (Lipinski definition) is 5. The molecule has 0 rings (SSSR count). The molecule has 0 unspecified atom stereocenters. The van der Waals surface area contributed by atoms with E-state index in [-0.39, 0.29) is 0 Å². The second kappa shape index (κ2) is 11.1. The molecule has 0 amide bonds. The molecule has 0 radical (unpaired) electrons. The van der Waals surface area contributed by atoms with Gasteiger partial charge in [0.1, 0.15) is 0 Å². The minimum absolute atomic E-state index is 0.762. The van der Waals surface area contributed by atoms with Crippen molar-refractivity contribution in [3.05, 3.63) is 0 Å². The Bertz CT molecular complexity index is 169. The van der Waals surface area contributed by atoms with Crippen LogP contribution in [0.1, 0.15) is 12.8 Å². The Balaban J connectivity index is 3.23. The van der Waals surface area contributed by atoms with Crippen molar-refractivity contribution < 1.29 is 8.85 Å². The van der Waals surface area contributed by atoms with Crippen LogP contribution in [-0.4, -0.2) is 55.5 Å². The minimum atomic E-state index is -1.85. The first kappa shape index (κ1) is 17.0. The molecule has 0 saturated carbocycles. The van der Waals surface area contributed by atoms with Crippen LogP contribution in [0.3, 0.4) is 0 Å². The van der Waals surface area contributed by atoms with Crippen LogP contribution in [0.5, 0.6) is 0 Å². The van der Waals surface area contributed by atoms with Gasteiger partial charge in [-0.3, -0.25) is 0 Å². The summed E-state index contributed by atoms with van der Waals surface area (Å²) in [6, 6.07) is 1.04. The zero-order chi connectivity index (χ0) is 13.0. The van der Waals surface area contributed by atoms with Crippen molar-refractivity contribution in [2.24, 2.45) is 5.73 Å². The van der Waals surface area contributed by atoms with E-state index in [2.05, 4.69) is 17.2 Å². The molecule has 0 aliphatic heterocycles. The maximum Gasteiger partial charge on any atom is 0.334 e. The molecular formula is C11H29N3O2Si. The smallest absolute Gasteiger partial charge is 0.334 e. The molecule has 0 aromatic carbocycles.